The highest BCUT2D eigenvalue weighted by Crippen LogP contribution is 2.21. The Morgan fingerprint density at radius 3 is 2.50 bits per heavy atom. The van der Waals surface area contributed by atoms with Crippen molar-refractivity contribution in [2.45, 2.75) is 20.8 Å². The molecule has 0 unspecified atom stereocenters. The Labute approximate surface area is 95.2 Å². The number of nitrogens with zero attached hydrogens (tertiary/aromatic N) is 2. The second-order valence-corrected chi connectivity index (χ2v) is 3.03. The minimum atomic E-state index is -0.229. The monoisotopic (exact) mass is 218 g/mol. The van der Waals surface area contributed by atoms with Crippen LogP contribution < -0.4 is 0 Å². The van der Waals surface area contributed by atoms with Crippen LogP contribution in [0.5, 0.6) is 0 Å². The summed E-state index contributed by atoms with van der Waals surface area (Å²) in [5.41, 5.74) is 1.68. The van der Waals surface area contributed by atoms with Crippen LogP contribution >= 0.6 is 0 Å². The lowest BCUT2D eigenvalue weighted by Crippen LogP contribution is -1.90. The van der Waals surface area contributed by atoms with Gasteiger partial charge in [0.05, 0.1) is 11.9 Å². The van der Waals surface area contributed by atoms with Crippen LogP contribution in [0.4, 0.5) is 4.39 Å². The first kappa shape index (κ1) is 12.3. The second-order valence-electron chi connectivity index (χ2n) is 3.03. The van der Waals surface area contributed by atoms with Gasteiger partial charge in [-0.25, -0.2) is 4.39 Å². The maximum absolute atomic E-state index is 13.6. The van der Waals surface area contributed by atoms with E-state index in [9.17, 15) is 4.39 Å². The zero-order valence-corrected chi connectivity index (χ0v) is 9.74. The van der Waals surface area contributed by atoms with Crippen LogP contribution in [0, 0.1) is 12.7 Å². The maximum atomic E-state index is 13.6. The average molecular weight is 218 g/mol. The highest BCUT2D eigenvalue weighted by atomic mass is 19.1. The zero-order chi connectivity index (χ0) is 12.0. The van der Waals surface area contributed by atoms with Crippen molar-refractivity contribution in [3.05, 3.63) is 48.2 Å². The fourth-order valence-corrected chi connectivity index (χ4v) is 1.28. The zero-order valence-electron chi connectivity index (χ0n) is 9.74. The molecule has 0 fully saturated rings. The first-order chi connectivity index (χ1) is 7.79. The molecule has 0 amide bonds. The number of benzene rings is 1. The van der Waals surface area contributed by atoms with E-state index >= 15 is 0 Å². The number of rotatable bonds is 1. The SMILES string of the molecule is CC.Cc1cccc(-c2cnccn2)c1F. The predicted octanol–water partition coefficient (Wildman–Crippen LogP) is 3.62. The van der Waals surface area contributed by atoms with Crippen molar-refractivity contribution >= 4 is 0 Å². The average Bonchev–Trinajstić information content (AvgIpc) is 2.36. The van der Waals surface area contributed by atoms with E-state index in [1.54, 1.807) is 37.6 Å². The normalized spacial score (nSPS) is 9.25. The lowest BCUT2D eigenvalue weighted by molar-refractivity contribution is 0.621. The van der Waals surface area contributed by atoms with Gasteiger partial charge in [0, 0.05) is 18.0 Å². The minimum Gasteiger partial charge on any atom is -0.261 e. The Morgan fingerprint density at radius 1 is 1.12 bits per heavy atom. The summed E-state index contributed by atoms with van der Waals surface area (Å²) in [7, 11) is 0. The standard InChI is InChI=1S/C11H9FN2.C2H6/c1-8-3-2-4-9(11(8)12)10-7-13-5-6-14-10;1-2/h2-7H,1H3;1-2H3. The van der Waals surface area contributed by atoms with E-state index in [-0.39, 0.29) is 5.82 Å². The molecular weight excluding hydrogens is 203 g/mol. The number of hydrogen-bond acceptors (Lipinski definition) is 2. The molecule has 0 aliphatic rings. The molecule has 2 nitrogen and oxygen atoms in total. The van der Waals surface area contributed by atoms with Gasteiger partial charge in [-0.3, -0.25) is 9.97 Å². The Balaban J connectivity index is 0.000000606. The maximum Gasteiger partial charge on any atom is 0.135 e. The van der Waals surface area contributed by atoms with Crippen LogP contribution in [0.25, 0.3) is 11.3 Å². The van der Waals surface area contributed by atoms with Crippen molar-refractivity contribution in [3.63, 3.8) is 0 Å². The Kier molecular flexibility index (Phi) is 4.58. The third kappa shape index (κ3) is 2.63. The summed E-state index contributed by atoms with van der Waals surface area (Å²) in [6.07, 6.45) is 4.67. The molecule has 0 radical (unpaired) electrons. The summed E-state index contributed by atoms with van der Waals surface area (Å²) < 4.78 is 13.6. The first-order valence-electron chi connectivity index (χ1n) is 5.30. The number of halogens is 1. The van der Waals surface area contributed by atoms with Crippen LogP contribution in [0.2, 0.25) is 0 Å². The van der Waals surface area contributed by atoms with Crippen molar-refractivity contribution < 1.29 is 4.39 Å². The van der Waals surface area contributed by atoms with Crippen LogP contribution in [0.3, 0.4) is 0 Å². The minimum absolute atomic E-state index is 0.229. The molecular formula is C13H15FN2. The van der Waals surface area contributed by atoms with E-state index in [0.29, 0.717) is 16.8 Å². The van der Waals surface area contributed by atoms with Gasteiger partial charge < -0.3 is 0 Å². The molecule has 2 aromatic rings. The van der Waals surface area contributed by atoms with Gasteiger partial charge in [0.1, 0.15) is 5.82 Å². The van der Waals surface area contributed by atoms with Crippen molar-refractivity contribution in [1.29, 1.82) is 0 Å². The van der Waals surface area contributed by atoms with Gasteiger partial charge in [-0.05, 0) is 18.6 Å². The van der Waals surface area contributed by atoms with Crippen LogP contribution in [0.15, 0.2) is 36.8 Å². The van der Waals surface area contributed by atoms with Gasteiger partial charge in [0.25, 0.3) is 0 Å². The third-order valence-electron chi connectivity index (χ3n) is 2.03. The molecule has 0 aliphatic heterocycles. The van der Waals surface area contributed by atoms with Crippen molar-refractivity contribution in [2.75, 3.05) is 0 Å². The summed E-state index contributed by atoms with van der Waals surface area (Å²) in [5.74, 6) is -0.229. The van der Waals surface area contributed by atoms with E-state index in [1.165, 1.54) is 0 Å². The topological polar surface area (TPSA) is 25.8 Å². The number of aryl methyl sites for hydroxylation is 1. The molecule has 16 heavy (non-hydrogen) atoms. The molecule has 0 atom stereocenters. The van der Waals surface area contributed by atoms with Gasteiger partial charge in [0.15, 0.2) is 0 Å². The van der Waals surface area contributed by atoms with E-state index in [1.807, 2.05) is 19.9 Å². The molecule has 2 rings (SSSR count). The Bertz CT molecular complexity index is 441. The lowest BCUT2D eigenvalue weighted by atomic mass is 10.1. The van der Waals surface area contributed by atoms with E-state index < -0.39 is 0 Å². The smallest absolute Gasteiger partial charge is 0.135 e. The van der Waals surface area contributed by atoms with E-state index in [4.69, 9.17) is 0 Å². The summed E-state index contributed by atoms with van der Waals surface area (Å²) in [6, 6.07) is 5.24. The molecule has 1 aromatic carbocycles. The van der Waals surface area contributed by atoms with Crippen molar-refractivity contribution in [3.8, 4) is 11.3 Å². The fraction of sp³-hybridized carbons (Fsp3) is 0.231. The van der Waals surface area contributed by atoms with Gasteiger partial charge in [-0.2, -0.15) is 0 Å². The summed E-state index contributed by atoms with van der Waals surface area (Å²) in [6.45, 7) is 5.73. The Morgan fingerprint density at radius 2 is 1.88 bits per heavy atom. The number of aromatic nitrogens is 2. The van der Waals surface area contributed by atoms with E-state index in [0.717, 1.165) is 0 Å². The van der Waals surface area contributed by atoms with Gasteiger partial charge in [-0.1, -0.05) is 26.0 Å². The van der Waals surface area contributed by atoms with Crippen molar-refractivity contribution in [2.24, 2.45) is 0 Å². The highest BCUT2D eigenvalue weighted by Gasteiger charge is 2.07. The Hall–Kier alpha value is -1.77. The second kappa shape index (κ2) is 5.95. The molecule has 0 saturated heterocycles. The lowest BCUT2D eigenvalue weighted by Gasteiger charge is -2.03. The van der Waals surface area contributed by atoms with Gasteiger partial charge >= 0.3 is 0 Å². The summed E-state index contributed by atoms with van der Waals surface area (Å²) >= 11 is 0. The van der Waals surface area contributed by atoms with Gasteiger partial charge in [-0.15, -0.1) is 0 Å². The molecule has 0 spiro atoms. The van der Waals surface area contributed by atoms with E-state index in [2.05, 4.69) is 9.97 Å². The largest absolute Gasteiger partial charge is 0.261 e. The van der Waals surface area contributed by atoms with Crippen LogP contribution in [-0.4, -0.2) is 9.97 Å². The predicted molar refractivity (Wildman–Crippen MR) is 63.5 cm³/mol. The fourth-order valence-electron chi connectivity index (χ4n) is 1.28. The molecule has 0 saturated carbocycles. The highest BCUT2D eigenvalue weighted by molar-refractivity contribution is 5.59. The van der Waals surface area contributed by atoms with Gasteiger partial charge in [0.2, 0.25) is 0 Å². The first-order valence-corrected chi connectivity index (χ1v) is 5.30. The molecule has 1 heterocycles. The van der Waals surface area contributed by atoms with Crippen molar-refractivity contribution in [1.82, 2.24) is 9.97 Å². The third-order valence-corrected chi connectivity index (χ3v) is 2.03. The summed E-state index contributed by atoms with van der Waals surface area (Å²) in [4.78, 5) is 7.95. The molecule has 0 aliphatic carbocycles. The van der Waals surface area contributed by atoms with Crippen LogP contribution in [0.1, 0.15) is 19.4 Å². The quantitative estimate of drug-likeness (QED) is 0.730. The molecule has 3 heteroatoms. The molecule has 1 aromatic heterocycles. The molecule has 0 N–H and O–H groups in total. The van der Waals surface area contributed by atoms with Crippen LogP contribution in [-0.2, 0) is 0 Å². The number of hydrogen-bond donors (Lipinski definition) is 0. The molecule has 0 bridgehead atoms. The summed E-state index contributed by atoms with van der Waals surface area (Å²) in [5, 5.41) is 0. The molecule has 84 valence electrons.